The number of carbonyl (C=O) groups excluding carboxylic acids is 1. The maximum atomic E-state index is 12.9. The Kier molecular flexibility index (Phi) is 6.19. The van der Waals surface area contributed by atoms with E-state index in [0.29, 0.717) is 22.6 Å². The number of benzene rings is 2. The van der Waals surface area contributed by atoms with Gasteiger partial charge in [-0.2, -0.15) is 0 Å². The van der Waals surface area contributed by atoms with Gasteiger partial charge in [0.05, 0.1) is 16.2 Å². The Morgan fingerprint density at radius 3 is 2.50 bits per heavy atom. The molecule has 3 rings (SSSR count). The van der Waals surface area contributed by atoms with Crippen molar-refractivity contribution in [1.29, 1.82) is 0 Å². The summed E-state index contributed by atoms with van der Waals surface area (Å²) in [6, 6.07) is 13.3. The van der Waals surface area contributed by atoms with Crippen LogP contribution in [-0.2, 0) is 11.3 Å². The third-order valence-electron chi connectivity index (χ3n) is 4.65. The molecule has 0 aliphatic carbocycles. The lowest BCUT2D eigenvalue weighted by Crippen LogP contribution is -2.27. The van der Waals surface area contributed by atoms with E-state index in [2.05, 4.69) is 10.3 Å². The molecule has 0 saturated heterocycles. The summed E-state index contributed by atoms with van der Waals surface area (Å²) < 4.78 is 1.68. The molecule has 146 valence electrons. The number of carbonyl (C=O) groups is 1. The summed E-state index contributed by atoms with van der Waals surface area (Å²) in [5.41, 5.74) is 3.49. The van der Waals surface area contributed by atoms with Crippen molar-refractivity contribution in [1.82, 2.24) is 9.55 Å². The second kappa shape index (κ2) is 8.61. The summed E-state index contributed by atoms with van der Waals surface area (Å²) >= 11 is 1.32. The first-order chi connectivity index (χ1) is 13.4. The van der Waals surface area contributed by atoms with Crippen molar-refractivity contribution in [3.8, 4) is 0 Å². The largest absolute Gasteiger partial charge is 0.325 e. The predicted molar refractivity (Wildman–Crippen MR) is 116 cm³/mol. The summed E-state index contributed by atoms with van der Waals surface area (Å²) in [4.78, 5) is 30.3. The normalized spacial score (nSPS) is 12.1. The average molecular weight is 396 g/mol. The van der Waals surface area contributed by atoms with E-state index in [1.807, 2.05) is 64.1 Å². The third kappa shape index (κ3) is 4.12. The molecule has 1 atom stereocenters. The fraction of sp³-hybridized carbons (Fsp3) is 0.318. The van der Waals surface area contributed by atoms with E-state index >= 15 is 0 Å². The molecule has 0 radical (unpaired) electrons. The number of nitrogens with zero attached hydrogens (tertiary/aromatic N) is 2. The monoisotopic (exact) mass is 395 g/mol. The van der Waals surface area contributed by atoms with E-state index in [1.165, 1.54) is 11.8 Å². The second-order valence-electron chi connectivity index (χ2n) is 6.88. The highest BCUT2D eigenvalue weighted by molar-refractivity contribution is 8.00. The van der Waals surface area contributed by atoms with E-state index in [1.54, 1.807) is 10.6 Å². The summed E-state index contributed by atoms with van der Waals surface area (Å²) in [7, 11) is 0. The molecule has 5 nitrogen and oxygen atoms in total. The highest BCUT2D eigenvalue weighted by Crippen LogP contribution is 2.25. The molecule has 2 aromatic carbocycles. The van der Waals surface area contributed by atoms with Gasteiger partial charge in [0.1, 0.15) is 0 Å². The van der Waals surface area contributed by atoms with Gasteiger partial charge in [-0.3, -0.25) is 14.2 Å². The number of fused-ring (bicyclic) bond motifs is 1. The Balaban J connectivity index is 1.90. The molecule has 1 unspecified atom stereocenters. The smallest absolute Gasteiger partial charge is 0.262 e. The zero-order chi connectivity index (χ0) is 20.3. The van der Waals surface area contributed by atoms with Gasteiger partial charge in [-0.25, -0.2) is 4.98 Å². The Labute approximate surface area is 169 Å². The standard InChI is InChI=1S/C22H25N3O2S/c1-5-13-25-21(27)17-11-6-7-12-18(17)23-22(25)28-16(4)20(26)24-19-14(2)9-8-10-15(19)3/h6-12,16H,5,13H2,1-4H3,(H,24,26). The second-order valence-corrected chi connectivity index (χ2v) is 8.19. The van der Waals surface area contributed by atoms with Gasteiger partial charge in [0, 0.05) is 12.2 Å². The number of amides is 1. The number of aromatic nitrogens is 2. The minimum atomic E-state index is -0.393. The molecule has 1 amide bonds. The fourth-order valence-electron chi connectivity index (χ4n) is 3.11. The quantitative estimate of drug-likeness (QED) is 0.491. The van der Waals surface area contributed by atoms with Crippen LogP contribution >= 0.6 is 11.8 Å². The molecule has 1 heterocycles. The molecule has 0 fully saturated rings. The number of nitrogens with one attached hydrogen (secondary N) is 1. The van der Waals surface area contributed by atoms with Gasteiger partial charge in [0.15, 0.2) is 5.16 Å². The Morgan fingerprint density at radius 2 is 1.82 bits per heavy atom. The maximum absolute atomic E-state index is 12.9. The molecule has 0 spiro atoms. The lowest BCUT2D eigenvalue weighted by Gasteiger charge is -2.17. The van der Waals surface area contributed by atoms with Crippen LogP contribution in [0.1, 0.15) is 31.4 Å². The van der Waals surface area contributed by atoms with Crippen LogP contribution in [0.5, 0.6) is 0 Å². The molecule has 6 heteroatoms. The van der Waals surface area contributed by atoms with Crippen molar-refractivity contribution >= 4 is 34.3 Å². The van der Waals surface area contributed by atoms with Crippen molar-refractivity contribution in [3.63, 3.8) is 0 Å². The molecule has 0 bridgehead atoms. The van der Waals surface area contributed by atoms with Gasteiger partial charge in [-0.05, 0) is 50.5 Å². The predicted octanol–water partition coefficient (Wildman–Crippen LogP) is 4.54. The first-order valence-electron chi connectivity index (χ1n) is 9.45. The Bertz CT molecular complexity index is 1050. The van der Waals surface area contributed by atoms with Crippen molar-refractivity contribution in [2.45, 2.75) is 51.1 Å². The summed E-state index contributed by atoms with van der Waals surface area (Å²) in [5.74, 6) is -0.104. The summed E-state index contributed by atoms with van der Waals surface area (Å²) in [5, 5.41) is 3.82. The molecule has 0 saturated carbocycles. The van der Waals surface area contributed by atoms with Crippen LogP contribution in [0.2, 0.25) is 0 Å². The molecule has 0 aliphatic rings. The average Bonchev–Trinajstić information content (AvgIpc) is 2.67. The highest BCUT2D eigenvalue weighted by Gasteiger charge is 2.20. The van der Waals surface area contributed by atoms with Crippen molar-refractivity contribution in [2.24, 2.45) is 0 Å². The van der Waals surface area contributed by atoms with Gasteiger partial charge in [0.25, 0.3) is 5.56 Å². The zero-order valence-electron chi connectivity index (χ0n) is 16.7. The van der Waals surface area contributed by atoms with Gasteiger partial charge >= 0.3 is 0 Å². The summed E-state index contributed by atoms with van der Waals surface area (Å²) in [6.07, 6.45) is 0.816. The van der Waals surface area contributed by atoms with Crippen LogP contribution in [0.15, 0.2) is 52.4 Å². The minimum Gasteiger partial charge on any atom is -0.325 e. The molecule has 0 aliphatic heterocycles. The number of aryl methyl sites for hydroxylation is 2. The maximum Gasteiger partial charge on any atom is 0.262 e. The number of rotatable bonds is 6. The van der Waals surface area contributed by atoms with Crippen LogP contribution in [0.25, 0.3) is 10.9 Å². The van der Waals surface area contributed by atoms with E-state index in [0.717, 1.165) is 23.2 Å². The topological polar surface area (TPSA) is 64.0 Å². The first-order valence-corrected chi connectivity index (χ1v) is 10.3. The molecule has 3 aromatic rings. The molecule has 1 N–H and O–H groups in total. The van der Waals surface area contributed by atoms with Crippen molar-refractivity contribution in [2.75, 3.05) is 5.32 Å². The van der Waals surface area contributed by atoms with Crippen LogP contribution in [-0.4, -0.2) is 20.7 Å². The number of hydrogen-bond acceptors (Lipinski definition) is 4. The lowest BCUT2D eigenvalue weighted by molar-refractivity contribution is -0.115. The lowest BCUT2D eigenvalue weighted by atomic mass is 10.1. The molecule has 1 aromatic heterocycles. The van der Waals surface area contributed by atoms with Crippen LogP contribution in [0.4, 0.5) is 5.69 Å². The highest BCUT2D eigenvalue weighted by atomic mass is 32.2. The SMILES string of the molecule is CCCn1c(SC(C)C(=O)Nc2c(C)cccc2C)nc2ccccc2c1=O. The van der Waals surface area contributed by atoms with Gasteiger partial charge in [-0.15, -0.1) is 0 Å². The molecule has 28 heavy (non-hydrogen) atoms. The Morgan fingerprint density at radius 1 is 1.14 bits per heavy atom. The first kappa shape index (κ1) is 20.1. The summed E-state index contributed by atoms with van der Waals surface area (Å²) in [6.45, 7) is 8.39. The van der Waals surface area contributed by atoms with Gasteiger partial charge in [-0.1, -0.05) is 49.0 Å². The number of thioether (sulfide) groups is 1. The van der Waals surface area contributed by atoms with E-state index in [-0.39, 0.29) is 11.5 Å². The number of para-hydroxylation sites is 2. The van der Waals surface area contributed by atoms with Gasteiger partial charge in [0.2, 0.25) is 5.91 Å². The molecular formula is C22H25N3O2S. The van der Waals surface area contributed by atoms with Crippen LogP contribution in [0.3, 0.4) is 0 Å². The minimum absolute atomic E-state index is 0.0580. The number of hydrogen-bond donors (Lipinski definition) is 1. The van der Waals surface area contributed by atoms with Crippen molar-refractivity contribution in [3.05, 3.63) is 63.9 Å². The van der Waals surface area contributed by atoms with E-state index in [4.69, 9.17) is 0 Å². The zero-order valence-corrected chi connectivity index (χ0v) is 17.5. The third-order valence-corrected chi connectivity index (χ3v) is 5.74. The van der Waals surface area contributed by atoms with Crippen LogP contribution < -0.4 is 10.9 Å². The van der Waals surface area contributed by atoms with Gasteiger partial charge < -0.3 is 5.32 Å². The fourth-order valence-corrected chi connectivity index (χ4v) is 4.04. The van der Waals surface area contributed by atoms with E-state index in [9.17, 15) is 9.59 Å². The molecular weight excluding hydrogens is 370 g/mol. The van der Waals surface area contributed by atoms with Crippen molar-refractivity contribution < 1.29 is 4.79 Å². The number of anilines is 1. The van der Waals surface area contributed by atoms with Crippen LogP contribution in [0, 0.1) is 13.8 Å². The Hall–Kier alpha value is -2.60. The van der Waals surface area contributed by atoms with E-state index < -0.39 is 5.25 Å².